The summed E-state index contributed by atoms with van der Waals surface area (Å²) < 4.78 is 1.22. The van der Waals surface area contributed by atoms with E-state index in [2.05, 4.69) is 5.32 Å². The number of rotatable bonds is 4. The molecule has 21 heavy (non-hydrogen) atoms. The summed E-state index contributed by atoms with van der Waals surface area (Å²) in [5.41, 5.74) is 5.68. The monoisotopic (exact) mass is 292 g/mol. The number of nitrogens with zero attached hydrogens (tertiary/aromatic N) is 2. The molecule has 1 fully saturated rings. The molecule has 1 aliphatic rings. The molecular weight excluding hydrogens is 272 g/mol. The summed E-state index contributed by atoms with van der Waals surface area (Å²) in [6, 6.07) is 2.20. The van der Waals surface area contributed by atoms with Crippen molar-refractivity contribution in [3.8, 4) is 0 Å². The molecule has 2 rings (SSSR count). The lowest BCUT2D eigenvalue weighted by Crippen LogP contribution is -2.47. The number of hydrogen-bond donors (Lipinski definition) is 2. The van der Waals surface area contributed by atoms with Crippen LogP contribution in [0, 0.1) is 0 Å². The highest BCUT2D eigenvalue weighted by Gasteiger charge is 2.24. The standard InChI is InChI=1S/C14H20N4O3/c1-10(14(21)17-6-2-3-7-17)16-12(19)9-18-8-11(15)4-5-13(18)20/h4-5,8,10H,2-3,6-7,9,15H2,1H3,(H,16,19). The van der Waals surface area contributed by atoms with Gasteiger partial charge >= 0.3 is 0 Å². The number of nitrogens with two attached hydrogens (primary N) is 1. The lowest BCUT2D eigenvalue weighted by atomic mass is 10.3. The van der Waals surface area contributed by atoms with Crippen LogP contribution in [0.1, 0.15) is 19.8 Å². The number of anilines is 1. The molecule has 2 heterocycles. The minimum absolute atomic E-state index is 0.0826. The van der Waals surface area contributed by atoms with Gasteiger partial charge in [0.05, 0.1) is 0 Å². The van der Waals surface area contributed by atoms with Crippen LogP contribution in [-0.2, 0) is 16.1 Å². The lowest BCUT2D eigenvalue weighted by molar-refractivity contribution is -0.135. The molecule has 0 radical (unpaired) electrons. The number of amides is 2. The van der Waals surface area contributed by atoms with E-state index in [1.165, 1.54) is 22.9 Å². The number of aromatic nitrogens is 1. The Bertz CT molecular complexity index is 590. The Morgan fingerprint density at radius 2 is 2.00 bits per heavy atom. The molecule has 0 aromatic carbocycles. The molecule has 1 saturated heterocycles. The third-order valence-electron chi connectivity index (χ3n) is 3.49. The number of carbonyl (C=O) groups excluding carboxylic acids is 2. The highest BCUT2D eigenvalue weighted by molar-refractivity contribution is 5.87. The Kier molecular flexibility index (Phi) is 4.62. The molecule has 1 aromatic heterocycles. The van der Waals surface area contributed by atoms with Crippen molar-refractivity contribution in [1.82, 2.24) is 14.8 Å². The van der Waals surface area contributed by atoms with E-state index in [4.69, 9.17) is 5.73 Å². The minimum atomic E-state index is -0.590. The van der Waals surface area contributed by atoms with Crippen molar-refractivity contribution in [2.24, 2.45) is 0 Å². The molecule has 1 atom stereocenters. The van der Waals surface area contributed by atoms with Gasteiger partial charge in [-0.25, -0.2) is 0 Å². The van der Waals surface area contributed by atoms with Crippen LogP contribution < -0.4 is 16.6 Å². The fraction of sp³-hybridized carbons (Fsp3) is 0.500. The molecule has 7 heteroatoms. The molecule has 7 nitrogen and oxygen atoms in total. The Balaban J connectivity index is 1.93. The van der Waals surface area contributed by atoms with Gasteiger partial charge in [0, 0.05) is 31.0 Å². The van der Waals surface area contributed by atoms with Crippen molar-refractivity contribution in [1.29, 1.82) is 0 Å². The van der Waals surface area contributed by atoms with Gasteiger partial charge in [-0.05, 0) is 25.8 Å². The molecular formula is C14H20N4O3. The van der Waals surface area contributed by atoms with Crippen LogP contribution in [-0.4, -0.2) is 40.4 Å². The number of hydrogen-bond acceptors (Lipinski definition) is 4. The molecule has 114 valence electrons. The first-order valence-electron chi connectivity index (χ1n) is 7.01. The van der Waals surface area contributed by atoms with Gasteiger partial charge in [0.25, 0.3) is 5.56 Å². The maximum atomic E-state index is 12.1. The van der Waals surface area contributed by atoms with Gasteiger partial charge in [-0.1, -0.05) is 0 Å². The molecule has 0 bridgehead atoms. The second-order valence-electron chi connectivity index (χ2n) is 5.25. The van der Waals surface area contributed by atoms with Crippen LogP contribution in [0.25, 0.3) is 0 Å². The zero-order chi connectivity index (χ0) is 15.4. The Labute approximate surface area is 122 Å². The van der Waals surface area contributed by atoms with Crippen molar-refractivity contribution in [2.75, 3.05) is 18.8 Å². The van der Waals surface area contributed by atoms with Crippen molar-refractivity contribution in [2.45, 2.75) is 32.4 Å². The average Bonchev–Trinajstić information content (AvgIpc) is 2.96. The first kappa shape index (κ1) is 15.1. The number of pyridine rings is 1. The second kappa shape index (κ2) is 6.43. The van der Waals surface area contributed by atoms with Gasteiger partial charge in [-0.15, -0.1) is 0 Å². The van der Waals surface area contributed by atoms with E-state index in [1.807, 2.05) is 0 Å². The van der Waals surface area contributed by atoms with Crippen LogP contribution in [0.2, 0.25) is 0 Å². The fourth-order valence-electron chi connectivity index (χ4n) is 2.39. The first-order chi connectivity index (χ1) is 9.97. The molecule has 0 spiro atoms. The van der Waals surface area contributed by atoms with Gasteiger partial charge in [0.2, 0.25) is 11.8 Å². The molecule has 3 N–H and O–H groups in total. The SMILES string of the molecule is CC(NC(=O)Cn1cc(N)ccc1=O)C(=O)N1CCCC1. The van der Waals surface area contributed by atoms with Crippen molar-refractivity contribution >= 4 is 17.5 Å². The van der Waals surface area contributed by atoms with E-state index in [0.717, 1.165) is 25.9 Å². The van der Waals surface area contributed by atoms with E-state index in [-0.39, 0.29) is 23.9 Å². The van der Waals surface area contributed by atoms with Crippen LogP contribution in [0.4, 0.5) is 5.69 Å². The van der Waals surface area contributed by atoms with E-state index in [9.17, 15) is 14.4 Å². The zero-order valence-electron chi connectivity index (χ0n) is 12.0. The van der Waals surface area contributed by atoms with Crippen LogP contribution in [0.3, 0.4) is 0 Å². The van der Waals surface area contributed by atoms with Gasteiger partial charge in [0.1, 0.15) is 12.6 Å². The average molecular weight is 292 g/mol. The van der Waals surface area contributed by atoms with Crippen LogP contribution >= 0.6 is 0 Å². The molecule has 0 aliphatic carbocycles. The summed E-state index contributed by atoms with van der Waals surface area (Å²) in [5, 5.41) is 2.62. The van der Waals surface area contributed by atoms with Crippen molar-refractivity contribution in [3.63, 3.8) is 0 Å². The quantitative estimate of drug-likeness (QED) is 0.786. The number of likely N-dealkylation sites (tertiary alicyclic amines) is 1. The summed E-state index contributed by atoms with van der Waals surface area (Å²) in [5.74, 6) is -0.469. The Morgan fingerprint density at radius 3 is 2.67 bits per heavy atom. The number of carbonyl (C=O) groups is 2. The topological polar surface area (TPSA) is 97.4 Å². The van der Waals surface area contributed by atoms with Gasteiger partial charge in [-0.2, -0.15) is 0 Å². The number of nitrogen functional groups attached to an aromatic ring is 1. The van der Waals surface area contributed by atoms with E-state index >= 15 is 0 Å². The van der Waals surface area contributed by atoms with Crippen LogP contribution in [0.5, 0.6) is 0 Å². The van der Waals surface area contributed by atoms with Crippen molar-refractivity contribution < 1.29 is 9.59 Å². The fourth-order valence-corrected chi connectivity index (χ4v) is 2.39. The highest BCUT2D eigenvalue weighted by Crippen LogP contribution is 2.08. The maximum Gasteiger partial charge on any atom is 0.251 e. The largest absolute Gasteiger partial charge is 0.398 e. The van der Waals surface area contributed by atoms with E-state index < -0.39 is 6.04 Å². The number of nitrogens with one attached hydrogen (secondary N) is 1. The normalized spacial score (nSPS) is 15.8. The molecule has 2 amide bonds. The lowest BCUT2D eigenvalue weighted by Gasteiger charge is -2.21. The predicted octanol–water partition coefficient (Wildman–Crippen LogP) is -0.442. The predicted molar refractivity (Wildman–Crippen MR) is 78.5 cm³/mol. The minimum Gasteiger partial charge on any atom is -0.398 e. The Morgan fingerprint density at radius 1 is 1.33 bits per heavy atom. The smallest absolute Gasteiger partial charge is 0.251 e. The summed E-state index contributed by atoms with van der Waals surface area (Å²) >= 11 is 0. The molecule has 1 aliphatic heterocycles. The highest BCUT2D eigenvalue weighted by atomic mass is 16.2. The van der Waals surface area contributed by atoms with Gasteiger partial charge < -0.3 is 20.5 Å². The first-order valence-corrected chi connectivity index (χ1v) is 7.01. The maximum absolute atomic E-state index is 12.1. The third-order valence-corrected chi connectivity index (χ3v) is 3.49. The summed E-state index contributed by atoms with van der Waals surface area (Å²) in [7, 11) is 0. The van der Waals surface area contributed by atoms with Gasteiger partial charge in [-0.3, -0.25) is 14.4 Å². The second-order valence-corrected chi connectivity index (χ2v) is 5.25. The molecule has 1 unspecified atom stereocenters. The van der Waals surface area contributed by atoms with E-state index in [0.29, 0.717) is 5.69 Å². The van der Waals surface area contributed by atoms with E-state index in [1.54, 1.807) is 11.8 Å². The summed E-state index contributed by atoms with van der Waals surface area (Å²) in [6.45, 7) is 2.99. The third kappa shape index (κ3) is 3.84. The summed E-state index contributed by atoms with van der Waals surface area (Å²) in [4.78, 5) is 37.3. The Hall–Kier alpha value is -2.31. The van der Waals surface area contributed by atoms with Crippen molar-refractivity contribution in [3.05, 3.63) is 28.7 Å². The van der Waals surface area contributed by atoms with Crippen LogP contribution in [0.15, 0.2) is 23.1 Å². The molecule has 1 aromatic rings. The zero-order valence-corrected chi connectivity index (χ0v) is 12.0. The summed E-state index contributed by atoms with van der Waals surface area (Å²) in [6.07, 6.45) is 3.42. The molecule has 0 saturated carbocycles. The van der Waals surface area contributed by atoms with Gasteiger partial charge in [0.15, 0.2) is 0 Å².